The number of aldehydes is 2. The van der Waals surface area contributed by atoms with E-state index in [-0.39, 0.29) is 0 Å². The molecule has 0 aliphatic heterocycles. The molecular weight excluding hydrogens is 202 g/mol. The lowest BCUT2D eigenvalue weighted by Gasteiger charge is -2.19. The average Bonchev–Trinajstić information content (AvgIpc) is 2.35. The number of hydrogen-bond donors (Lipinski definition) is 0. The van der Waals surface area contributed by atoms with Crippen LogP contribution < -0.4 is 4.90 Å². The second-order valence-corrected chi connectivity index (χ2v) is 3.25. The molecule has 3 nitrogen and oxygen atoms in total. The summed E-state index contributed by atoms with van der Waals surface area (Å²) < 4.78 is 0. The third kappa shape index (κ3) is 2.92. The van der Waals surface area contributed by atoms with Crippen LogP contribution in [0, 0.1) is 0 Å². The minimum absolute atomic E-state index is 0.631. The number of benzene rings is 1. The van der Waals surface area contributed by atoms with Crippen molar-refractivity contribution in [2.75, 3.05) is 11.9 Å². The van der Waals surface area contributed by atoms with Crippen LogP contribution in [-0.4, -0.2) is 19.6 Å². The number of hydrogen-bond acceptors (Lipinski definition) is 3. The first-order valence-corrected chi connectivity index (χ1v) is 4.78. The van der Waals surface area contributed by atoms with Gasteiger partial charge in [-0.25, -0.2) is 0 Å². The Morgan fingerprint density at radius 3 is 2.38 bits per heavy atom. The highest BCUT2D eigenvalue weighted by Crippen LogP contribution is 2.17. The van der Waals surface area contributed by atoms with E-state index in [0.717, 1.165) is 12.0 Å². The van der Waals surface area contributed by atoms with Crippen LogP contribution in [0.2, 0.25) is 0 Å². The van der Waals surface area contributed by atoms with E-state index in [2.05, 4.69) is 6.58 Å². The molecule has 1 aromatic rings. The Balaban J connectivity index is 2.83. The first-order chi connectivity index (χ1) is 7.69. The van der Waals surface area contributed by atoms with Gasteiger partial charge in [-0.2, -0.15) is 0 Å². The maximum Gasteiger partial charge on any atom is 0.150 e. The lowest BCUT2D eigenvalue weighted by molar-refractivity contribution is -0.104. The molecule has 16 heavy (non-hydrogen) atoms. The normalized spacial score (nSPS) is 10.1. The van der Waals surface area contributed by atoms with E-state index in [1.165, 1.54) is 6.08 Å². The highest BCUT2D eigenvalue weighted by molar-refractivity contribution is 5.76. The smallest absolute Gasteiger partial charge is 0.150 e. The Bertz CT molecular complexity index is 418. The molecule has 0 unspecified atom stereocenters. The maximum absolute atomic E-state index is 10.5. The van der Waals surface area contributed by atoms with Crippen LogP contribution in [0.15, 0.2) is 48.7 Å². The molecule has 0 spiro atoms. The highest BCUT2D eigenvalue weighted by Gasteiger charge is 2.01. The van der Waals surface area contributed by atoms with Gasteiger partial charge < -0.3 is 4.90 Å². The third-order valence-electron chi connectivity index (χ3n) is 2.21. The van der Waals surface area contributed by atoms with E-state index >= 15 is 0 Å². The van der Waals surface area contributed by atoms with E-state index in [9.17, 15) is 9.59 Å². The molecule has 0 radical (unpaired) electrons. The Labute approximate surface area is 94.7 Å². The summed E-state index contributed by atoms with van der Waals surface area (Å²) in [6.07, 6.45) is 4.51. The zero-order valence-electron chi connectivity index (χ0n) is 9.09. The molecule has 3 heteroatoms. The fraction of sp³-hybridized carbons (Fsp3) is 0.0769. The zero-order chi connectivity index (χ0) is 12.0. The van der Waals surface area contributed by atoms with Gasteiger partial charge in [0.2, 0.25) is 0 Å². The minimum Gasteiger partial charge on any atom is -0.345 e. The molecule has 0 amide bonds. The van der Waals surface area contributed by atoms with Crippen LogP contribution in [0.25, 0.3) is 0 Å². The van der Waals surface area contributed by atoms with Crippen molar-refractivity contribution in [2.45, 2.75) is 0 Å². The van der Waals surface area contributed by atoms with Crippen molar-refractivity contribution < 1.29 is 9.59 Å². The summed E-state index contributed by atoms with van der Waals surface area (Å²) in [5, 5.41) is 0. The number of likely N-dealkylation sites (N-methyl/N-ethyl adjacent to an activating group) is 1. The Morgan fingerprint density at radius 1 is 1.25 bits per heavy atom. The number of nitrogens with zero attached hydrogens (tertiary/aromatic N) is 1. The van der Waals surface area contributed by atoms with Crippen molar-refractivity contribution in [3.8, 4) is 0 Å². The fourth-order valence-electron chi connectivity index (χ4n) is 1.20. The van der Waals surface area contributed by atoms with Gasteiger partial charge in [0.15, 0.2) is 0 Å². The lowest BCUT2D eigenvalue weighted by Crippen LogP contribution is -2.13. The Kier molecular flexibility index (Phi) is 4.21. The number of carbonyl (C=O) groups is 2. The monoisotopic (exact) mass is 215 g/mol. The molecule has 1 aromatic carbocycles. The van der Waals surface area contributed by atoms with Crippen molar-refractivity contribution >= 4 is 18.3 Å². The predicted molar refractivity (Wildman–Crippen MR) is 64.6 cm³/mol. The zero-order valence-corrected chi connectivity index (χ0v) is 9.09. The van der Waals surface area contributed by atoms with E-state index < -0.39 is 0 Å². The van der Waals surface area contributed by atoms with E-state index in [1.54, 1.807) is 18.2 Å². The quantitative estimate of drug-likeness (QED) is 0.429. The third-order valence-corrected chi connectivity index (χ3v) is 2.21. The second kappa shape index (κ2) is 5.66. The lowest BCUT2D eigenvalue weighted by atomic mass is 10.2. The van der Waals surface area contributed by atoms with Gasteiger partial charge >= 0.3 is 0 Å². The molecule has 0 fully saturated rings. The molecule has 0 aliphatic rings. The SMILES string of the molecule is C=C(/C=C\C=O)N(C)c1ccc(C=O)cc1. The van der Waals surface area contributed by atoms with E-state index in [1.807, 2.05) is 24.1 Å². The summed E-state index contributed by atoms with van der Waals surface area (Å²) in [6.45, 7) is 3.82. The topological polar surface area (TPSA) is 37.4 Å². The van der Waals surface area contributed by atoms with Crippen molar-refractivity contribution in [3.63, 3.8) is 0 Å². The van der Waals surface area contributed by atoms with Crippen LogP contribution in [0.1, 0.15) is 10.4 Å². The molecule has 0 heterocycles. The standard InChI is InChI=1S/C13H13NO2/c1-11(4-3-9-15)14(2)13-7-5-12(10-16)6-8-13/h3-10H,1H2,2H3/b4-3-. The molecule has 0 bridgehead atoms. The molecular formula is C13H13NO2. The summed E-state index contributed by atoms with van der Waals surface area (Å²) in [5.74, 6) is 0. The van der Waals surface area contributed by atoms with Gasteiger partial charge in [0, 0.05) is 24.0 Å². The first kappa shape index (κ1) is 11.9. The first-order valence-electron chi connectivity index (χ1n) is 4.78. The minimum atomic E-state index is 0.631. The maximum atomic E-state index is 10.5. The van der Waals surface area contributed by atoms with Crippen LogP contribution in [-0.2, 0) is 4.79 Å². The van der Waals surface area contributed by atoms with E-state index in [4.69, 9.17) is 0 Å². The number of allylic oxidation sites excluding steroid dienone is 2. The molecule has 0 aliphatic carbocycles. The van der Waals surface area contributed by atoms with Crippen LogP contribution in [0.3, 0.4) is 0 Å². The van der Waals surface area contributed by atoms with Gasteiger partial charge in [0.05, 0.1) is 0 Å². The molecule has 0 saturated carbocycles. The van der Waals surface area contributed by atoms with Gasteiger partial charge in [0.1, 0.15) is 12.6 Å². The summed E-state index contributed by atoms with van der Waals surface area (Å²) in [7, 11) is 1.84. The fourth-order valence-corrected chi connectivity index (χ4v) is 1.20. The van der Waals surface area contributed by atoms with Gasteiger partial charge in [0.25, 0.3) is 0 Å². The summed E-state index contributed by atoms with van der Waals surface area (Å²) in [4.78, 5) is 22.5. The van der Waals surface area contributed by atoms with Crippen molar-refractivity contribution in [3.05, 3.63) is 54.3 Å². The predicted octanol–water partition coefficient (Wildman–Crippen LogP) is 2.20. The largest absolute Gasteiger partial charge is 0.345 e. The molecule has 0 saturated heterocycles. The van der Waals surface area contributed by atoms with Crippen molar-refractivity contribution in [2.24, 2.45) is 0 Å². The van der Waals surface area contributed by atoms with Crippen LogP contribution in [0.4, 0.5) is 5.69 Å². The number of carbonyl (C=O) groups excluding carboxylic acids is 2. The van der Waals surface area contributed by atoms with Gasteiger partial charge in [-0.05, 0) is 36.4 Å². The van der Waals surface area contributed by atoms with Gasteiger partial charge in [-0.3, -0.25) is 9.59 Å². The molecule has 0 aromatic heterocycles. The summed E-state index contributed by atoms with van der Waals surface area (Å²) in [6, 6.07) is 7.11. The molecule has 0 N–H and O–H groups in total. The second-order valence-electron chi connectivity index (χ2n) is 3.25. The highest BCUT2D eigenvalue weighted by atomic mass is 16.1. The number of rotatable bonds is 5. The molecule has 82 valence electrons. The van der Waals surface area contributed by atoms with Gasteiger partial charge in [-0.1, -0.05) is 6.58 Å². The van der Waals surface area contributed by atoms with Crippen LogP contribution in [0.5, 0.6) is 0 Å². The van der Waals surface area contributed by atoms with Crippen molar-refractivity contribution in [1.29, 1.82) is 0 Å². The molecule has 0 atom stereocenters. The van der Waals surface area contributed by atoms with Crippen LogP contribution >= 0.6 is 0 Å². The number of anilines is 1. The summed E-state index contributed by atoms with van der Waals surface area (Å²) >= 11 is 0. The Hall–Kier alpha value is -2.16. The van der Waals surface area contributed by atoms with Gasteiger partial charge in [-0.15, -0.1) is 0 Å². The van der Waals surface area contributed by atoms with E-state index in [0.29, 0.717) is 17.5 Å². The average molecular weight is 215 g/mol. The summed E-state index contributed by atoms with van der Waals surface area (Å²) in [5.41, 5.74) is 2.24. The Morgan fingerprint density at radius 2 is 1.88 bits per heavy atom. The van der Waals surface area contributed by atoms with Crippen molar-refractivity contribution in [1.82, 2.24) is 0 Å². The molecule has 1 rings (SSSR count).